The number of aliphatic hydroxyl groups excluding tert-OH is 1. The lowest BCUT2D eigenvalue weighted by Gasteiger charge is -2.55. The number of fused-ring (bicyclic) bond motifs is 2. The Kier molecular flexibility index (Phi) is 4.96. The second-order valence-electron chi connectivity index (χ2n) is 7.63. The number of aliphatic hydroxyl groups is 1. The highest BCUT2D eigenvalue weighted by molar-refractivity contribution is 5.95. The summed E-state index contributed by atoms with van der Waals surface area (Å²) in [5, 5.41) is 24.7. The van der Waals surface area contributed by atoms with Gasteiger partial charge in [-0.15, -0.1) is 0 Å². The summed E-state index contributed by atoms with van der Waals surface area (Å²) in [5.74, 6) is -0.256. The van der Waals surface area contributed by atoms with Gasteiger partial charge in [0.1, 0.15) is 11.3 Å². The molecule has 1 amide bonds. The van der Waals surface area contributed by atoms with Crippen LogP contribution in [0, 0.1) is 16.0 Å². The Labute approximate surface area is 157 Å². The number of rotatable bonds is 6. The van der Waals surface area contributed by atoms with Crippen molar-refractivity contribution < 1.29 is 19.7 Å². The van der Waals surface area contributed by atoms with Gasteiger partial charge in [0, 0.05) is 18.2 Å². The third kappa shape index (κ3) is 3.30. The number of benzene rings is 1. The highest BCUT2D eigenvalue weighted by Crippen LogP contribution is 2.49. The van der Waals surface area contributed by atoms with Crippen LogP contribution >= 0.6 is 0 Å². The quantitative estimate of drug-likeness (QED) is 0.450. The lowest BCUT2D eigenvalue weighted by molar-refractivity contribution is -0.384. The first-order valence-electron chi connectivity index (χ1n) is 9.10. The minimum absolute atomic E-state index is 0.0867. The summed E-state index contributed by atoms with van der Waals surface area (Å²) in [4.78, 5) is 29.6. The Hall–Kier alpha value is -2.45. The Morgan fingerprint density at radius 3 is 2.70 bits per heavy atom. The smallest absolute Gasteiger partial charge is 0.295 e. The van der Waals surface area contributed by atoms with Gasteiger partial charge in [0.2, 0.25) is 0 Å². The molecule has 2 bridgehead atoms. The van der Waals surface area contributed by atoms with E-state index in [1.807, 2.05) is 6.92 Å². The van der Waals surface area contributed by atoms with E-state index >= 15 is 0 Å². The molecule has 2 heterocycles. The summed E-state index contributed by atoms with van der Waals surface area (Å²) in [6.07, 6.45) is 5.80. The predicted octanol–water partition coefficient (Wildman–Crippen LogP) is 2.57. The number of hydrogen-bond donors (Lipinski definition) is 2. The number of nitro benzene ring substituents is 1. The Balaban J connectivity index is 2.00. The topological polar surface area (TPSA) is 105 Å². The summed E-state index contributed by atoms with van der Waals surface area (Å²) in [6, 6.07) is 4.35. The molecule has 2 N–H and O–H groups in total. The lowest BCUT2D eigenvalue weighted by Crippen LogP contribution is -2.61. The fraction of sp³-hybridized carbons (Fsp3) is 0.526. The van der Waals surface area contributed by atoms with Crippen molar-refractivity contribution in [3.63, 3.8) is 0 Å². The number of carbonyl (C=O) groups excluding carboxylic acids is 1. The molecule has 1 aliphatic carbocycles. The molecule has 0 saturated carbocycles. The van der Waals surface area contributed by atoms with Gasteiger partial charge in [-0.25, -0.2) is 5.06 Å². The molecule has 1 aromatic rings. The van der Waals surface area contributed by atoms with Crippen LogP contribution in [0.4, 0.5) is 11.4 Å². The van der Waals surface area contributed by atoms with Crippen LogP contribution in [-0.4, -0.2) is 40.2 Å². The van der Waals surface area contributed by atoms with Gasteiger partial charge in [-0.3, -0.25) is 19.7 Å². The van der Waals surface area contributed by atoms with Crippen LogP contribution in [0.25, 0.3) is 0 Å². The second-order valence-corrected chi connectivity index (χ2v) is 7.63. The predicted molar refractivity (Wildman–Crippen MR) is 100 cm³/mol. The zero-order valence-electron chi connectivity index (χ0n) is 15.8. The Bertz CT molecular complexity index is 794. The van der Waals surface area contributed by atoms with Crippen LogP contribution in [-0.2, 0) is 4.84 Å². The molecule has 0 aromatic heterocycles. The van der Waals surface area contributed by atoms with E-state index in [9.17, 15) is 14.9 Å². The maximum absolute atomic E-state index is 12.1. The largest absolute Gasteiger partial charge is 0.395 e. The number of hydroxylamine groups is 1. The van der Waals surface area contributed by atoms with Crippen LogP contribution in [0.2, 0.25) is 0 Å². The van der Waals surface area contributed by atoms with E-state index in [4.69, 9.17) is 9.94 Å². The Morgan fingerprint density at radius 1 is 1.41 bits per heavy atom. The molecule has 2 aliphatic heterocycles. The number of anilines is 1. The number of nitrogens with zero attached hydrogens (tertiary/aromatic N) is 2. The van der Waals surface area contributed by atoms with Gasteiger partial charge in [0.25, 0.3) is 11.6 Å². The Morgan fingerprint density at radius 2 is 2.15 bits per heavy atom. The number of nitrogens with one attached hydrogen (secondary N) is 1. The molecule has 1 saturated heterocycles. The summed E-state index contributed by atoms with van der Waals surface area (Å²) in [6.45, 7) is 6.01. The van der Waals surface area contributed by atoms with Gasteiger partial charge in [-0.1, -0.05) is 26.0 Å². The van der Waals surface area contributed by atoms with Crippen molar-refractivity contribution in [2.24, 2.45) is 5.92 Å². The molecule has 2 atom stereocenters. The number of nitro groups is 1. The van der Waals surface area contributed by atoms with E-state index in [1.165, 1.54) is 12.1 Å². The first kappa shape index (κ1) is 19.3. The monoisotopic (exact) mass is 375 g/mol. The van der Waals surface area contributed by atoms with Crippen LogP contribution in [0.15, 0.2) is 30.4 Å². The summed E-state index contributed by atoms with van der Waals surface area (Å²) >= 11 is 0. The van der Waals surface area contributed by atoms with Gasteiger partial charge in [0.15, 0.2) is 0 Å². The summed E-state index contributed by atoms with van der Waals surface area (Å²) in [5.41, 5.74) is -0.659. The highest BCUT2D eigenvalue weighted by atomic mass is 16.7. The maximum atomic E-state index is 12.1. The molecule has 0 radical (unpaired) electrons. The van der Waals surface area contributed by atoms with Crippen molar-refractivity contribution in [2.75, 3.05) is 18.2 Å². The highest BCUT2D eigenvalue weighted by Gasteiger charge is 2.51. The van der Waals surface area contributed by atoms with E-state index in [0.29, 0.717) is 5.69 Å². The molecule has 3 aliphatic rings. The number of carbonyl (C=O) groups is 1. The molecule has 146 valence electrons. The first-order valence-corrected chi connectivity index (χ1v) is 9.10. The molecule has 4 rings (SSSR count). The van der Waals surface area contributed by atoms with E-state index in [2.05, 4.69) is 31.3 Å². The zero-order valence-corrected chi connectivity index (χ0v) is 15.8. The molecule has 27 heavy (non-hydrogen) atoms. The summed E-state index contributed by atoms with van der Waals surface area (Å²) < 4.78 is 0. The average Bonchev–Trinajstić information content (AvgIpc) is 2.65. The maximum Gasteiger partial charge on any atom is 0.295 e. The van der Waals surface area contributed by atoms with Crippen molar-refractivity contribution in [3.8, 4) is 0 Å². The fourth-order valence-electron chi connectivity index (χ4n) is 3.62. The van der Waals surface area contributed by atoms with Crippen molar-refractivity contribution in [2.45, 2.75) is 44.8 Å². The van der Waals surface area contributed by atoms with E-state index in [-0.39, 0.29) is 30.3 Å². The SMILES string of the molecule is CC(C)C12C=CC(C)(CC1)N(c1ccc(C(=O)NCCO)cc1[N+](=O)[O-])O2. The van der Waals surface area contributed by atoms with E-state index in [0.717, 1.165) is 12.8 Å². The van der Waals surface area contributed by atoms with Crippen molar-refractivity contribution in [3.05, 3.63) is 46.0 Å². The van der Waals surface area contributed by atoms with Gasteiger partial charge in [-0.2, -0.15) is 0 Å². The van der Waals surface area contributed by atoms with Crippen LogP contribution in [0.1, 0.15) is 44.0 Å². The molecule has 1 aromatic carbocycles. The van der Waals surface area contributed by atoms with Gasteiger partial charge in [0.05, 0.1) is 17.1 Å². The minimum Gasteiger partial charge on any atom is -0.395 e. The van der Waals surface area contributed by atoms with E-state index in [1.54, 1.807) is 11.1 Å². The summed E-state index contributed by atoms with van der Waals surface area (Å²) in [7, 11) is 0. The number of hydrogen-bond acceptors (Lipinski definition) is 6. The number of amides is 1. The first-order chi connectivity index (χ1) is 12.7. The van der Waals surface area contributed by atoms with E-state index < -0.39 is 22.0 Å². The van der Waals surface area contributed by atoms with Gasteiger partial charge >= 0.3 is 0 Å². The zero-order chi connectivity index (χ0) is 19.8. The van der Waals surface area contributed by atoms with Crippen molar-refractivity contribution >= 4 is 17.3 Å². The minimum atomic E-state index is -0.501. The molecular formula is C19H25N3O5. The third-order valence-electron chi connectivity index (χ3n) is 5.50. The standard InChI is InChI=1S/C19H25N3O5/c1-13(2)19-8-6-18(3,7-9-19)21(27-19)15-5-4-14(12-16(15)22(25)26)17(24)20-10-11-23/h4-6,8,12-13,23H,7,9-11H2,1-3H3,(H,20,24). The van der Waals surface area contributed by atoms with Crippen LogP contribution in [0.5, 0.6) is 0 Å². The molecule has 8 nitrogen and oxygen atoms in total. The molecular weight excluding hydrogens is 350 g/mol. The lowest BCUT2D eigenvalue weighted by atomic mass is 9.73. The van der Waals surface area contributed by atoms with Gasteiger partial charge in [-0.05, 0) is 37.8 Å². The van der Waals surface area contributed by atoms with Crippen LogP contribution < -0.4 is 10.4 Å². The fourth-order valence-corrected chi connectivity index (χ4v) is 3.62. The average molecular weight is 375 g/mol. The molecule has 0 spiro atoms. The van der Waals surface area contributed by atoms with Crippen molar-refractivity contribution in [1.82, 2.24) is 5.32 Å². The molecule has 2 unspecified atom stereocenters. The third-order valence-corrected chi connectivity index (χ3v) is 5.50. The molecule has 8 heteroatoms. The van der Waals surface area contributed by atoms with Crippen LogP contribution in [0.3, 0.4) is 0 Å². The normalized spacial score (nSPS) is 26.5. The van der Waals surface area contributed by atoms with Crippen molar-refractivity contribution in [1.29, 1.82) is 0 Å². The second kappa shape index (κ2) is 6.94. The molecule has 1 fully saturated rings. The van der Waals surface area contributed by atoms with Gasteiger partial charge < -0.3 is 10.4 Å².